The van der Waals surface area contributed by atoms with Gasteiger partial charge in [-0.05, 0) is 32.4 Å². The van der Waals surface area contributed by atoms with Crippen molar-refractivity contribution < 1.29 is 23.9 Å². The number of nitrogens with one attached hydrogen (secondary N) is 2. The first kappa shape index (κ1) is 19.2. The van der Waals surface area contributed by atoms with E-state index >= 15 is 0 Å². The molecule has 0 aliphatic carbocycles. The number of ether oxygens (including phenoxy) is 2. The first-order valence-corrected chi connectivity index (χ1v) is 7.33. The van der Waals surface area contributed by atoms with Crippen LogP contribution in [0.3, 0.4) is 0 Å². The molecule has 7 nitrogen and oxygen atoms in total. The summed E-state index contributed by atoms with van der Waals surface area (Å²) in [7, 11) is 1.22. The van der Waals surface area contributed by atoms with Crippen molar-refractivity contribution in [2.45, 2.75) is 26.4 Å². The Hall–Kier alpha value is -2.83. The first-order chi connectivity index (χ1) is 11.2. The molecule has 0 saturated heterocycles. The predicted octanol–water partition coefficient (Wildman–Crippen LogP) is 1.84. The van der Waals surface area contributed by atoms with Crippen LogP contribution in [0, 0.1) is 0 Å². The molecule has 0 aliphatic heterocycles. The van der Waals surface area contributed by atoms with E-state index in [1.54, 1.807) is 45.0 Å². The molecular formula is C17H22N2O5. The van der Waals surface area contributed by atoms with E-state index in [9.17, 15) is 14.4 Å². The average molecular weight is 334 g/mol. The van der Waals surface area contributed by atoms with Crippen LogP contribution in [0.1, 0.15) is 26.3 Å². The molecule has 1 rings (SSSR count). The van der Waals surface area contributed by atoms with Crippen LogP contribution in [0.2, 0.25) is 0 Å². The molecule has 0 radical (unpaired) electrons. The summed E-state index contributed by atoms with van der Waals surface area (Å²) >= 11 is 0. The second-order valence-electron chi connectivity index (χ2n) is 5.85. The molecule has 2 amide bonds. The topological polar surface area (TPSA) is 93.7 Å². The molecule has 7 heteroatoms. The molecule has 24 heavy (non-hydrogen) atoms. The highest BCUT2D eigenvalue weighted by atomic mass is 16.6. The van der Waals surface area contributed by atoms with Gasteiger partial charge in [0.05, 0.1) is 7.11 Å². The monoisotopic (exact) mass is 334 g/mol. The Morgan fingerprint density at radius 3 is 2.29 bits per heavy atom. The van der Waals surface area contributed by atoms with Crippen molar-refractivity contribution in [3.63, 3.8) is 0 Å². The molecule has 1 aromatic carbocycles. The molecule has 0 atom stereocenters. The van der Waals surface area contributed by atoms with Crippen LogP contribution in [0.25, 0.3) is 6.08 Å². The van der Waals surface area contributed by atoms with Crippen LogP contribution in [0.4, 0.5) is 4.79 Å². The van der Waals surface area contributed by atoms with Crippen LogP contribution >= 0.6 is 0 Å². The predicted molar refractivity (Wildman–Crippen MR) is 88.8 cm³/mol. The third kappa shape index (κ3) is 7.44. The zero-order valence-corrected chi connectivity index (χ0v) is 14.2. The normalized spacial score (nSPS) is 11.4. The number of hydrogen-bond acceptors (Lipinski definition) is 5. The second-order valence-corrected chi connectivity index (χ2v) is 5.85. The van der Waals surface area contributed by atoms with Crippen molar-refractivity contribution in [2.75, 3.05) is 13.7 Å². The lowest BCUT2D eigenvalue weighted by atomic mass is 10.2. The third-order valence-corrected chi connectivity index (χ3v) is 2.61. The van der Waals surface area contributed by atoms with E-state index in [1.807, 2.05) is 6.07 Å². The van der Waals surface area contributed by atoms with E-state index in [0.29, 0.717) is 5.56 Å². The van der Waals surface area contributed by atoms with Gasteiger partial charge in [-0.3, -0.25) is 14.9 Å². The smallest absolute Gasteiger partial charge is 0.412 e. The highest BCUT2D eigenvalue weighted by Gasteiger charge is 2.20. The minimum Gasteiger partial charge on any atom is -0.468 e. The lowest BCUT2D eigenvalue weighted by Crippen LogP contribution is -2.39. The van der Waals surface area contributed by atoms with Gasteiger partial charge >= 0.3 is 12.1 Å². The maximum atomic E-state index is 12.2. The van der Waals surface area contributed by atoms with Crippen molar-refractivity contribution in [3.8, 4) is 0 Å². The van der Waals surface area contributed by atoms with Crippen molar-refractivity contribution >= 4 is 24.0 Å². The second kappa shape index (κ2) is 8.71. The van der Waals surface area contributed by atoms with Crippen molar-refractivity contribution in [1.29, 1.82) is 0 Å². The molecule has 0 unspecified atom stereocenters. The lowest BCUT2D eigenvalue weighted by molar-refractivity contribution is -0.140. The molecule has 2 N–H and O–H groups in total. The molecule has 0 fully saturated rings. The molecule has 0 bridgehead atoms. The van der Waals surface area contributed by atoms with Gasteiger partial charge in [0.15, 0.2) is 0 Å². The lowest BCUT2D eigenvalue weighted by Gasteiger charge is -2.20. The Morgan fingerprint density at radius 1 is 1.12 bits per heavy atom. The van der Waals surface area contributed by atoms with E-state index in [0.717, 1.165) is 0 Å². The Balaban J connectivity index is 2.91. The van der Waals surface area contributed by atoms with E-state index in [4.69, 9.17) is 4.74 Å². The maximum absolute atomic E-state index is 12.2. The van der Waals surface area contributed by atoms with E-state index < -0.39 is 23.6 Å². The number of rotatable bonds is 5. The van der Waals surface area contributed by atoms with Gasteiger partial charge in [-0.2, -0.15) is 0 Å². The number of alkyl carbamates (subject to hydrolysis) is 1. The van der Waals surface area contributed by atoms with Gasteiger partial charge in [-0.1, -0.05) is 30.3 Å². The quantitative estimate of drug-likeness (QED) is 0.633. The van der Waals surface area contributed by atoms with E-state index in [2.05, 4.69) is 15.4 Å². The van der Waals surface area contributed by atoms with Crippen molar-refractivity contribution in [2.24, 2.45) is 0 Å². The number of carbonyl (C=O) groups excluding carboxylic acids is 3. The zero-order chi connectivity index (χ0) is 18.2. The van der Waals surface area contributed by atoms with Gasteiger partial charge in [0, 0.05) is 0 Å². The summed E-state index contributed by atoms with van der Waals surface area (Å²) in [6.45, 7) is 4.83. The SMILES string of the molecule is COC(=O)CNC(=O)/C(=C/c1ccccc1)NC(=O)OC(C)(C)C. The van der Waals surface area contributed by atoms with Crippen molar-refractivity contribution in [1.82, 2.24) is 10.6 Å². The number of methoxy groups -OCH3 is 1. The Morgan fingerprint density at radius 2 is 1.75 bits per heavy atom. The van der Waals surface area contributed by atoms with Gasteiger partial charge in [-0.25, -0.2) is 4.79 Å². The Kier molecular flexibility index (Phi) is 6.98. The summed E-state index contributed by atoms with van der Waals surface area (Å²) in [5, 5.41) is 4.77. The summed E-state index contributed by atoms with van der Waals surface area (Å²) in [5.41, 5.74) is -0.0409. The molecule has 0 saturated carbocycles. The molecule has 0 aliphatic rings. The third-order valence-electron chi connectivity index (χ3n) is 2.61. The molecular weight excluding hydrogens is 312 g/mol. The van der Waals surface area contributed by atoms with Gasteiger partial charge in [-0.15, -0.1) is 0 Å². The number of benzene rings is 1. The van der Waals surface area contributed by atoms with Crippen LogP contribution in [0.5, 0.6) is 0 Å². The summed E-state index contributed by atoms with van der Waals surface area (Å²) < 4.78 is 9.60. The summed E-state index contributed by atoms with van der Waals surface area (Å²) in [6, 6.07) is 8.96. The highest BCUT2D eigenvalue weighted by molar-refractivity contribution is 6.01. The van der Waals surface area contributed by atoms with Gasteiger partial charge < -0.3 is 14.8 Å². The van der Waals surface area contributed by atoms with Gasteiger partial charge in [0.25, 0.3) is 5.91 Å². The van der Waals surface area contributed by atoms with Crippen molar-refractivity contribution in [3.05, 3.63) is 41.6 Å². The van der Waals surface area contributed by atoms with Gasteiger partial charge in [0.1, 0.15) is 17.8 Å². The minimum atomic E-state index is -0.766. The zero-order valence-electron chi connectivity index (χ0n) is 14.2. The standard InChI is InChI=1S/C17H22N2O5/c1-17(2,3)24-16(22)19-13(10-12-8-6-5-7-9-12)15(21)18-11-14(20)23-4/h5-10H,11H2,1-4H3,(H,18,21)(H,19,22)/b13-10-. The number of hydrogen-bond donors (Lipinski definition) is 2. The first-order valence-electron chi connectivity index (χ1n) is 7.33. The van der Waals surface area contributed by atoms with E-state index in [1.165, 1.54) is 13.2 Å². The fraction of sp³-hybridized carbons (Fsp3) is 0.353. The largest absolute Gasteiger partial charge is 0.468 e. The molecule has 0 spiro atoms. The van der Waals surface area contributed by atoms with Gasteiger partial charge in [0.2, 0.25) is 0 Å². The highest BCUT2D eigenvalue weighted by Crippen LogP contribution is 2.09. The molecule has 130 valence electrons. The summed E-state index contributed by atoms with van der Waals surface area (Å²) in [4.78, 5) is 35.3. The number of esters is 1. The summed E-state index contributed by atoms with van der Waals surface area (Å²) in [5.74, 6) is -1.23. The van der Waals surface area contributed by atoms with Crippen LogP contribution in [0.15, 0.2) is 36.0 Å². The molecule has 0 aromatic heterocycles. The van der Waals surface area contributed by atoms with Crippen LogP contribution in [-0.2, 0) is 19.1 Å². The number of carbonyl (C=O) groups is 3. The molecule has 1 aromatic rings. The Bertz CT molecular complexity index is 618. The molecule has 0 heterocycles. The number of amides is 2. The fourth-order valence-electron chi connectivity index (χ4n) is 1.61. The average Bonchev–Trinajstić information content (AvgIpc) is 2.50. The van der Waals surface area contributed by atoms with Crippen LogP contribution < -0.4 is 10.6 Å². The van der Waals surface area contributed by atoms with Crippen LogP contribution in [-0.4, -0.2) is 37.2 Å². The summed E-state index contributed by atoms with van der Waals surface area (Å²) in [6.07, 6.45) is 0.717. The minimum absolute atomic E-state index is 0.0423. The fourth-order valence-corrected chi connectivity index (χ4v) is 1.61. The maximum Gasteiger partial charge on any atom is 0.412 e. The van der Waals surface area contributed by atoms with E-state index in [-0.39, 0.29) is 12.2 Å². The Labute approximate surface area is 141 Å².